The minimum Gasteiger partial charge on any atom is -0.497 e. The molecule has 2 aromatic carbocycles. The van der Waals surface area contributed by atoms with Crippen LogP contribution in [0.2, 0.25) is 0 Å². The Morgan fingerprint density at radius 1 is 1.08 bits per heavy atom. The van der Waals surface area contributed by atoms with Crippen molar-refractivity contribution in [2.45, 2.75) is 6.54 Å². The molecule has 0 aliphatic carbocycles. The molecular weight excluding hydrogens is 320 g/mol. The first-order valence-corrected chi connectivity index (χ1v) is 7.81. The minimum atomic E-state index is -0.407. The molecule has 0 unspecified atom stereocenters. The van der Waals surface area contributed by atoms with Crippen LogP contribution < -0.4 is 10.1 Å². The highest BCUT2D eigenvalue weighted by atomic mass is 16.5. The molecule has 0 atom stereocenters. The summed E-state index contributed by atoms with van der Waals surface area (Å²) in [5.41, 5.74) is 2.14. The van der Waals surface area contributed by atoms with Gasteiger partial charge < -0.3 is 14.8 Å². The topological polar surface area (TPSA) is 67.9 Å². The molecule has 0 aliphatic heterocycles. The molecule has 6 nitrogen and oxygen atoms in total. The number of benzene rings is 2. The van der Waals surface area contributed by atoms with Gasteiger partial charge in [0.05, 0.1) is 26.3 Å². The van der Waals surface area contributed by atoms with Gasteiger partial charge in [0.2, 0.25) is 5.91 Å². The van der Waals surface area contributed by atoms with Gasteiger partial charge in [0, 0.05) is 12.2 Å². The van der Waals surface area contributed by atoms with Gasteiger partial charge in [-0.3, -0.25) is 9.69 Å². The minimum absolute atomic E-state index is 0.129. The van der Waals surface area contributed by atoms with Crippen LogP contribution >= 0.6 is 0 Å². The van der Waals surface area contributed by atoms with E-state index < -0.39 is 5.97 Å². The highest BCUT2D eigenvalue weighted by molar-refractivity contribution is 5.93. The van der Waals surface area contributed by atoms with Crippen molar-refractivity contribution in [1.82, 2.24) is 4.90 Å². The summed E-state index contributed by atoms with van der Waals surface area (Å²) in [5.74, 6) is 0.258. The Kier molecular flexibility index (Phi) is 6.54. The second-order valence-corrected chi connectivity index (χ2v) is 5.64. The third-order valence-corrected chi connectivity index (χ3v) is 3.59. The van der Waals surface area contributed by atoms with Crippen molar-refractivity contribution in [3.05, 3.63) is 59.7 Å². The van der Waals surface area contributed by atoms with Crippen LogP contribution in [0, 0.1) is 0 Å². The number of anilines is 1. The second kappa shape index (κ2) is 8.84. The monoisotopic (exact) mass is 342 g/mol. The largest absolute Gasteiger partial charge is 0.497 e. The molecule has 0 heterocycles. The van der Waals surface area contributed by atoms with Gasteiger partial charge in [-0.1, -0.05) is 12.1 Å². The normalized spacial score (nSPS) is 10.4. The predicted molar refractivity (Wildman–Crippen MR) is 95.7 cm³/mol. The summed E-state index contributed by atoms with van der Waals surface area (Å²) in [6.07, 6.45) is 0. The maximum atomic E-state index is 12.1. The van der Waals surface area contributed by atoms with Crippen LogP contribution in [-0.2, 0) is 16.1 Å². The molecule has 6 heteroatoms. The fraction of sp³-hybridized carbons (Fsp3) is 0.263. The van der Waals surface area contributed by atoms with Crippen molar-refractivity contribution >= 4 is 17.6 Å². The van der Waals surface area contributed by atoms with Gasteiger partial charge in [0.1, 0.15) is 5.75 Å². The molecule has 0 aromatic heterocycles. The lowest BCUT2D eigenvalue weighted by Crippen LogP contribution is -2.29. The molecule has 0 fully saturated rings. The first-order valence-electron chi connectivity index (χ1n) is 7.81. The van der Waals surface area contributed by atoms with E-state index in [9.17, 15) is 9.59 Å². The first-order chi connectivity index (χ1) is 12.0. The van der Waals surface area contributed by atoms with Gasteiger partial charge in [-0.15, -0.1) is 0 Å². The van der Waals surface area contributed by atoms with Gasteiger partial charge >= 0.3 is 5.97 Å². The number of ether oxygens (including phenoxy) is 2. The summed E-state index contributed by atoms with van der Waals surface area (Å²) < 4.78 is 9.84. The average molecular weight is 342 g/mol. The maximum absolute atomic E-state index is 12.1. The zero-order valence-electron chi connectivity index (χ0n) is 14.6. The lowest BCUT2D eigenvalue weighted by Gasteiger charge is -2.17. The Morgan fingerprint density at radius 3 is 2.44 bits per heavy atom. The second-order valence-electron chi connectivity index (χ2n) is 5.64. The number of hydrogen-bond acceptors (Lipinski definition) is 5. The Labute approximate surface area is 147 Å². The summed E-state index contributed by atoms with van der Waals surface area (Å²) in [6, 6.07) is 14.3. The van der Waals surface area contributed by atoms with Gasteiger partial charge in [0.25, 0.3) is 0 Å². The SMILES string of the molecule is COC(=O)c1ccc(NC(=O)CN(C)Cc2cccc(OC)c2)cc1. The van der Waals surface area contributed by atoms with E-state index in [-0.39, 0.29) is 12.5 Å². The van der Waals surface area contributed by atoms with Crippen molar-refractivity contribution in [2.75, 3.05) is 33.1 Å². The smallest absolute Gasteiger partial charge is 0.337 e. The number of amides is 1. The molecule has 1 N–H and O–H groups in total. The van der Waals surface area contributed by atoms with E-state index in [1.165, 1.54) is 7.11 Å². The highest BCUT2D eigenvalue weighted by Gasteiger charge is 2.09. The Balaban J connectivity index is 1.87. The van der Waals surface area contributed by atoms with Crippen LogP contribution in [0.3, 0.4) is 0 Å². The summed E-state index contributed by atoms with van der Waals surface area (Å²) in [4.78, 5) is 25.4. The van der Waals surface area contributed by atoms with Crippen LogP contribution in [0.5, 0.6) is 5.75 Å². The molecular formula is C19H22N2O4. The quantitative estimate of drug-likeness (QED) is 0.783. The van der Waals surface area contributed by atoms with Gasteiger partial charge in [-0.25, -0.2) is 4.79 Å². The van der Waals surface area contributed by atoms with Crippen LogP contribution in [-0.4, -0.2) is 44.6 Å². The Hall–Kier alpha value is -2.86. The van der Waals surface area contributed by atoms with Crippen LogP contribution in [0.4, 0.5) is 5.69 Å². The molecule has 2 aromatic rings. The van der Waals surface area contributed by atoms with Gasteiger partial charge in [-0.2, -0.15) is 0 Å². The van der Waals surface area contributed by atoms with Crippen molar-refractivity contribution in [2.24, 2.45) is 0 Å². The fourth-order valence-corrected chi connectivity index (χ4v) is 2.39. The first kappa shape index (κ1) is 18.5. The molecule has 0 saturated heterocycles. The maximum Gasteiger partial charge on any atom is 0.337 e. The van der Waals surface area contributed by atoms with Crippen molar-refractivity contribution < 1.29 is 19.1 Å². The summed E-state index contributed by atoms with van der Waals surface area (Å²) in [5, 5.41) is 2.81. The van der Waals surface area contributed by atoms with Crippen LogP contribution in [0.25, 0.3) is 0 Å². The van der Waals surface area contributed by atoms with E-state index in [4.69, 9.17) is 4.74 Å². The van der Waals surface area contributed by atoms with E-state index >= 15 is 0 Å². The number of nitrogens with one attached hydrogen (secondary N) is 1. The number of rotatable bonds is 7. The Morgan fingerprint density at radius 2 is 1.80 bits per heavy atom. The number of methoxy groups -OCH3 is 2. The molecule has 25 heavy (non-hydrogen) atoms. The van der Waals surface area contributed by atoms with Crippen molar-refractivity contribution in [1.29, 1.82) is 0 Å². The standard InChI is InChI=1S/C19H22N2O4/c1-21(12-14-5-4-6-17(11-14)24-2)13-18(22)20-16-9-7-15(8-10-16)19(23)25-3/h4-11H,12-13H2,1-3H3,(H,20,22). The highest BCUT2D eigenvalue weighted by Crippen LogP contribution is 2.14. The lowest BCUT2D eigenvalue weighted by molar-refractivity contribution is -0.117. The number of carbonyl (C=O) groups is 2. The zero-order valence-corrected chi connectivity index (χ0v) is 14.6. The van der Waals surface area contributed by atoms with Gasteiger partial charge in [-0.05, 0) is 49.0 Å². The van der Waals surface area contributed by atoms with Crippen molar-refractivity contribution in [3.8, 4) is 5.75 Å². The van der Waals surface area contributed by atoms with E-state index in [0.29, 0.717) is 17.8 Å². The molecule has 2 rings (SSSR count). The van der Waals surface area contributed by atoms with E-state index in [1.807, 2.05) is 36.2 Å². The molecule has 1 amide bonds. The number of nitrogens with zero attached hydrogens (tertiary/aromatic N) is 1. The third-order valence-electron chi connectivity index (χ3n) is 3.59. The number of esters is 1. The van der Waals surface area contributed by atoms with Gasteiger partial charge in [0.15, 0.2) is 0 Å². The number of carbonyl (C=O) groups excluding carboxylic acids is 2. The molecule has 0 spiro atoms. The molecule has 0 aliphatic rings. The molecule has 132 valence electrons. The summed E-state index contributed by atoms with van der Waals surface area (Å²) in [6.45, 7) is 0.877. The fourth-order valence-electron chi connectivity index (χ4n) is 2.39. The lowest BCUT2D eigenvalue weighted by atomic mass is 10.2. The van der Waals surface area contributed by atoms with Crippen molar-refractivity contribution in [3.63, 3.8) is 0 Å². The summed E-state index contributed by atoms with van der Waals surface area (Å²) in [7, 11) is 4.83. The van der Waals surface area contributed by atoms with E-state index in [2.05, 4.69) is 10.1 Å². The number of hydrogen-bond donors (Lipinski definition) is 1. The third kappa shape index (κ3) is 5.61. The summed E-state index contributed by atoms with van der Waals surface area (Å²) >= 11 is 0. The van der Waals surface area contributed by atoms with Crippen LogP contribution in [0.15, 0.2) is 48.5 Å². The van der Waals surface area contributed by atoms with Crippen LogP contribution in [0.1, 0.15) is 15.9 Å². The van der Waals surface area contributed by atoms with E-state index in [0.717, 1.165) is 11.3 Å². The molecule has 0 saturated carbocycles. The number of likely N-dealkylation sites (N-methyl/N-ethyl adjacent to an activating group) is 1. The molecule has 0 radical (unpaired) electrons. The van der Waals surface area contributed by atoms with E-state index in [1.54, 1.807) is 31.4 Å². The average Bonchev–Trinajstić information content (AvgIpc) is 2.61. The predicted octanol–water partition coefficient (Wildman–Crippen LogP) is 2.55. The Bertz CT molecular complexity index is 728. The zero-order chi connectivity index (χ0) is 18.2. The molecule has 0 bridgehead atoms.